The molecule has 0 aliphatic carbocycles. The Hall–Kier alpha value is -2.54. The molecular weight excluding hydrogens is 416 g/mol. The summed E-state index contributed by atoms with van der Waals surface area (Å²) in [5, 5.41) is 6.14. The number of rotatable bonds is 9. The van der Waals surface area contributed by atoms with Crippen LogP contribution in [0.25, 0.3) is 0 Å². The average Bonchev–Trinajstić information content (AvgIpc) is 3.25. The first-order chi connectivity index (χ1) is 15.7. The number of carbonyl (C=O) groups excluding carboxylic acids is 1. The third-order valence-electron chi connectivity index (χ3n) is 5.96. The van der Waals surface area contributed by atoms with Crippen LogP contribution in [0.3, 0.4) is 0 Å². The average molecular weight is 449 g/mol. The summed E-state index contributed by atoms with van der Waals surface area (Å²) < 4.78 is 0. The van der Waals surface area contributed by atoms with Gasteiger partial charge in [0.2, 0.25) is 5.91 Å². The number of benzene rings is 2. The standard InChI is InChI=1S/C26H32N4OS/c1-29-15-16-30(24(19-29)22-11-6-3-7-12-22)14-8-13-27-25(31)18-23-20-32-26(28-23)17-21-9-4-2-5-10-21/h2-7,9-12,20,24H,8,13-19H2,1H3,(H,27,31). The van der Waals surface area contributed by atoms with Crippen molar-refractivity contribution in [3.05, 3.63) is 87.9 Å². The highest BCUT2D eigenvalue weighted by Gasteiger charge is 2.25. The zero-order chi connectivity index (χ0) is 22.2. The molecule has 1 aromatic heterocycles. The maximum Gasteiger partial charge on any atom is 0.226 e. The summed E-state index contributed by atoms with van der Waals surface area (Å²) in [7, 11) is 2.19. The van der Waals surface area contributed by atoms with E-state index in [1.807, 2.05) is 23.6 Å². The summed E-state index contributed by atoms with van der Waals surface area (Å²) in [6.45, 7) is 4.89. The topological polar surface area (TPSA) is 48.5 Å². The molecule has 3 aromatic rings. The van der Waals surface area contributed by atoms with Crippen molar-refractivity contribution in [2.45, 2.75) is 25.3 Å². The Morgan fingerprint density at radius 3 is 2.62 bits per heavy atom. The van der Waals surface area contributed by atoms with Crippen LogP contribution in [-0.4, -0.2) is 60.5 Å². The molecule has 1 N–H and O–H groups in total. The lowest BCUT2D eigenvalue weighted by Gasteiger charge is -2.40. The highest BCUT2D eigenvalue weighted by molar-refractivity contribution is 7.09. The number of carbonyl (C=O) groups is 1. The van der Waals surface area contributed by atoms with E-state index in [0.717, 1.165) is 49.7 Å². The van der Waals surface area contributed by atoms with Crippen LogP contribution in [0.5, 0.6) is 0 Å². The van der Waals surface area contributed by atoms with Crippen LogP contribution in [-0.2, 0) is 17.6 Å². The number of amides is 1. The van der Waals surface area contributed by atoms with Crippen LogP contribution in [0, 0.1) is 0 Å². The predicted octanol–water partition coefficient (Wildman–Crippen LogP) is 3.77. The van der Waals surface area contributed by atoms with E-state index in [-0.39, 0.29) is 5.91 Å². The highest BCUT2D eigenvalue weighted by atomic mass is 32.1. The monoisotopic (exact) mass is 448 g/mol. The van der Waals surface area contributed by atoms with Gasteiger partial charge < -0.3 is 10.2 Å². The van der Waals surface area contributed by atoms with Gasteiger partial charge in [-0.05, 0) is 24.6 Å². The molecule has 4 rings (SSSR count). The minimum Gasteiger partial charge on any atom is -0.356 e. The molecule has 6 heteroatoms. The first kappa shape index (κ1) is 22.6. The van der Waals surface area contributed by atoms with Crippen molar-refractivity contribution in [3.63, 3.8) is 0 Å². The zero-order valence-corrected chi connectivity index (χ0v) is 19.6. The number of hydrogen-bond donors (Lipinski definition) is 1. The molecule has 2 aromatic carbocycles. The fourth-order valence-corrected chi connectivity index (χ4v) is 5.06. The van der Waals surface area contributed by atoms with Crippen molar-refractivity contribution in [2.24, 2.45) is 0 Å². The molecule has 1 aliphatic rings. The van der Waals surface area contributed by atoms with Crippen molar-refractivity contribution < 1.29 is 4.79 Å². The minimum absolute atomic E-state index is 0.0551. The van der Waals surface area contributed by atoms with Crippen molar-refractivity contribution in [1.29, 1.82) is 0 Å². The second kappa shape index (κ2) is 11.4. The molecule has 0 saturated carbocycles. The first-order valence-corrected chi connectivity index (χ1v) is 12.3. The van der Waals surface area contributed by atoms with Gasteiger partial charge >= 0.3 is 0 Å². The number of hydrogen-bond acceptors (Lipinski definition) is 5. The second-order valence-corrected chi connectivity index (χ2v) is 9.44. The number of piperazine rings is 1. The van der Waals surface area contributed by atoms with E-state index < -0.39 is 0 Å². The van der Waals surface area contributed by atoms with Crippen molar-refractivity contribution >= 4 is 17.2 Å². The van der Waals surface area contributed by atoms with Crippen molar-refractivity contribution in [1.82, 2.24) is 20.1 Å². The molecule has 168 valence electrons. The Morgan fingerprint density at radius 1 is 1.09 bits per heavy atom. The molecule has 32 heavy (non-hydrogen) atoms. The Labute approximate surface area is 195 Å². The largest absolute Gasteiger partial charge is 0.356 e. The van der Waals surface area contributed by atoms with E-state index in [0.29, 0.717) is 19.0 Å². The maximum atomic E-state index is 12.4. The van der Waals surface area contributed by atoms with Gasteiger partial charge in [0.1, 0.15) is 0 Å². The summed E-state index contributed by atoms with van der Waals surface area (Å²) in [5.74, 6) is 0.0551. The van der Waals surface area contributed by atoms with Crippen LogP contribution < -0.4 is 5.32 Å². The highest BCUT2D eigenvalue weighted by Crippen LogP contribution is 2.24. The molecule has 1 aliphatic heterocycles. The molecule has 1 amide bonds. The van der Waals surface area contributed by atoms with Crippen molar-refractivity contribution in [2.75, 3.05) is 39.8 Å². The third-order valence-corrected chi connectivity index (χ3v) is 6.86. The molecule has 2 heterocycles. The van der Waals surface area contributed by atoms with E-state index in [4.69, 9.17) is 0 Å². The Balaban J connectivity index is 1.20. The fraction of sp³-hybridized carbons (Fsp3) is 0.385. The van der Waals surface area contributed by atoms with E-state index in [2.05, 4.69) is 69.6 Å². The second-order valence-electron chi connectivity index (χ2n) is 8.50. The van der Waals surface area contributed by atoms with Crippen LogP contribution in [0.15, 0.2) is 66.0 Å². The van der Waals surface area contributed by atoms with Gasteiger partial charge in [-0.15, -0.1) is 11.3 Å². The van der Waals surface area contributed by atoms with Gasteiger partial charge in [-0.2, -0.15) is 0 Å². The number of nitrogens with one attached hydrogen (secondary N) is 1. The minimum atomic E-state index is 0.0551. The van der Waals surface area contributed by atoms with Crippen LogP contribution >= 0.6 is 11.3 Å². The summed E-state index contributed by atoms with van der Waals surface area (Å²) in [6, 6.07) is 21.5. The van der Waals surface area contributed by atoms with E-state index in [1.54, 1.807) is 11.3 Å². The maximum absolute atomic E-state index is 12.4. The third kappa shape index (κ3) is 6.48. The normalized spacial score (nSPS) is 17.3. The van der Waals surface area contributed by atoms with Crippen molar-refractivity contribution in [3.8, 4) is 0 Å². The molecule has 1 fully saturated rings. The molecule has 0 bridgehead atoms. The van der Waals surface area contributed by atoms with E-state index in [1.165, 1.54) is 11.1 Å². The molecule has 5 nitrogen and oxygen atoms in total. The summed E-state index contributed by atoms with van der Waals surface area (Å²) in [5.41, 5.74) is 3.48. The lowest BCUT2D eigenvalue weighted by atomic mass is 10.0. The van der Waals surface area contributed by atoms with Gasteiger partial charge in [0.15, 0.2) is 0 Å². The summed E-state index contributed by atoms with van der Waals surface area (Å²) >= 11 is 1.63. The van der Waals surface area contributed by atoms with Gasteiger partial charge in [0, 0.05) is 50.6 Å². The van der Waals surface area contributed by atoms with Crippen LogP contribution in [0.4, 0.5) is 0 Å². The van der Waals surface area contributed by atoms with Gasteiger partial charge in [0.25, 0.3) is 0 Å². The Morgan fingerprint density at radius 2 is 1.84 bits per heavy atom. The van der Waals surface area contributed by atoms with Crippen LogP contribution in [0.1, 0.15) is 34.3 Å². The smallest absolute Gasteiger partial charge is 0.226 e. The van der Waals surface area contributed by atoms with E-state index in [9.17, 15) is 4.79 Å². The SMILES string of the molecule is CN1CCN(CCCNC(=O)Cc2csc(Cc3ccccc3)n2)C(c2ccccc2)C1. The van der Waals surface area contributed by atoms with Gasteiger partial charge in [-0.25, -0.2) is 4.98 Å². The molecule has 1 saturated heterocycles. The quantitative estimate of drug-likeness (QED) is 0.506. The van der Waals surface area contributed by atoms with E-state index >= 15 is 0 Å². The Kier molecular flexibility index (Phi) is 8.04. The predicted molar refractivity (Wildman–Crippen MR) is 131 cm³/mol. The molecule has 1 atom stereocenters. The number of aromatic nitrogens is 1. The summed E-state index contributed by atoms with van der Waals surface area (Å²) in [6.07, 6.45) is 2.13. The molecule has 0 radical (unpaired) electrons. The van der Waals surface area contributed by atoms with Gasteiger partial charge in [-0.3, -0.25) is 9.69 Å². The number of likely N-dealkylation sites (N-methyl/N-ethyl adjacent to an activating group) is 1. The first-order valence-electron chi connectivity index (χ1n) is 11.4. The number of thiazole rings is 1. The lowest BCUT2D eigenvalue weighted by Crippen LogP contribution is -2.47. The number of nitrogens with zero attached hydrogens (tertiary/aromatic N) is 3. The van der Waals surface area contributed by atoms with Crippen LogP contribution in [0.2, 0.25) is 0 Å². The van der Waals surface area contributed by atoms with Gasteiger partial charge in [-0.1, -0.05) is 60.7 Å². The fourth-order valence-electron chi connectivity index (χ4n) is 4.23. The zero-order valence-electron chi connectivity index (χ0n) is 18.7. The molecular formula is C26H32N4OS. The lowest BCUT2D eigenvalue weighted by molar-refractivity contribution is -0.120. The summed E-state index contributed by atoms with van der Waals surface area (Å²) in [4.78, 5) is 22.0. The molecule has 1 unspecified atom stereocenters. The van der Waals surface area contributed by atoms with Gasteiger partial charge in [0.05, 0.1) is 17.1 Å². The molecule has 0 spiro atoms. The Bertz CT molecular complexity index is 976.